The summed E-state index contributed by atoms with van der Waals surface area (Å²) in [6.07, 6.45) is -0.310. The summed E-state index contributed by atoms with van der Waals surface area (Å²) in [5.41, 5.74) is 0.946. The summed E-state index contributed by atoms with van der Waals surface area (Å²) >= 11 is 8.72. The first-order valence-corrected chi connectivity index (χ1v) is 11.1. The van der Waals surface area contributed by atoms with Gasteiger partial charge in [0, 0.05) is 11.6 Å². The SMILES string of the molecule is CCn1c(SCC(=O)Nc2nnc(C)s2)nnc1C(C)Oc1ccc(Cl)c(C)c1. The highest BCUT2D eigenvalue weighted by molar-refractivity contribution is 7.99. The third-order valence-electron chi connectivity index (χ3n) is 3.97. The number of carbonyl (C=O) groups is 1. The van der Waals surface area contributed by atoms with E-state index in [0.29, 0.717) is 33.4 Å². The molecule has 1 N–H and O–H groups in total. The average molecular weight is 453 g/mol. The van der Waals surface area contributed by atoms with E-state index < -0.39 is 0 Å². The van der Waals surface area contributed by atoms with Crippen molar-refractivity contribution in [1.82, 2.24) is 25.0 Å². The highest BCUT2D eigenvalue weighted by Gasteiger charge is 2.20. The largest absolute Gasteiger partial charge is 0.483 e. The normalized spacial score (nSPS) is 12.0. The van der Waals surface area contributed by atoms with E-state index in [9.17, 15) is 4.79 Å². The number of nitrogens with one attached hydrogen (secondary N) is 1. The quantitative estimate of drug-likeness (QED) is 0.509. The predicted octanol–water partition coefficient (Wildman–Crippen LogP) is 4.29. The molecule has 0 spiro atoms. The summed E-state index contributed by atoms with van der Waals surface area (Å²) in [7, 11) is 0. The summed E-state index contributed by atoms with van der Waals surface area (Å²) in [6, 6.07) is 5.52. The number of rotatable bonds is 8. The molecule has 1 aromatic carbocycles. The van der Waals surface area contributed by atoms with Crippen molar-refractivity contribution in [3.05, 3.63) is 39.6 Å². The second kappa shape index (κ2) is 9.55. The fraction of sp³-hybridized carbons (Fsp3) is 0.389. The van der Waals surface area contributed by atoms with E-state index in [-0.39, 0.29) is 17.8 Å². The van der Waals surface area contributed by atoms with Crippen LogP contribution < -0.4 is 10.1 Å². The average Bonchev–Trinajstić information content (AvgIpc) is 3.28. The van der Waals surface area contributed by atoms with Crippen LogP contribution in [-0.4, -0.2) is 36.6 Å². The third-order valence-corrected chi connectivity index (χ3v) is 6.12. The third kappa shape index (κ3) is 5.46. The molecule has 1 atom stereocenters. The van der Waals surface area contributed by atoms with Gasteiger partial charge in [-0.05, 0) is 51.5 Å². The van der Waals surface area contributed by atoms with Crippen molar-refractivity contribution in [1.29, 1.82) is 0 Å². The topological polar surface area (TPSA) is 94.8 Å². The van der Waals surface area contributed by atoms with Gasteiger partial charge in [-0.25, -0.2) is 0 Å². The lowest BCUT2D eigenvalue weighted by atomic mass is 10.2. The van der Waals surface area contributed by atoms with Crippen LogP contribution in [0.2, 0.25) is 5.02 Å². The highest BCUT2D eigenvalue weighted by atomic mass is 35.5. The standard InChI is InChI=1S/C18H21ClN6O2S2/c1-5-25-16(11(3)27-13-6-7-14(19)10(2)8-13)22-24-18(25)28-9-15(26)20-17-23-21-12(4)29-17/h6-8,11H,5,9H2,1-4H3,(H,20,23,26). The molecule has 8 nitrogen and oxygen atoms in total. The summed E-state index contributed by atoms with van der Waals surface area (Å²) in [4.78, 5) is 12.1. The number of hydrogen-bond donors (Lipinski definition) is 1. The molecule has 0 aliphatic carbocycles. The summed E-state index contributed by atoms with van der Waals surface area (Å²) < 4.78 is 7.96. The highest BCUT2D eigenvalue weighted by Crippen LogP contribution is 2.27. The molecule has 0 radical (unpaired) electrons. The second-order valence-corrected chi connectivity index (χ2v) is 8.75. The Morgan fingerprint density at radius 3 is 2.76 bits per heavy atom. The Kier molecular flexibility index (Phi) is 7.09. The maximum absolute atomic E-state index is 12.1. The van der Waals surface area contributed by atoms with Crippen LogP contribution in [-0.2, 0) is 11.3 Å². The zero-order chi connectivity index (χ0) is 21.0. The molecule has 1 unspecified atom stereocenters. The molecule has 2 heterocycles. The van der Waals surface area contributed by atoms with Gasteiger partial charge in [0.15, 0.2) is 17.1 Å². The number of carbonyl (C=O) groups excluding carboxylic acids is 1. The van der Waals surface area contributed by atoms with Gasteiger partial charge in [0.05, 0.1) is 5.75 Å². The first-order chi connectivity index (χ1) is 13.9. The van der Waals surface area contributed by atoms with Gasteiger partial charge in [0.1, 0.15) is 10.8 Å². The fourth-order valence-corrected chi connectivity index (χ4v) is 4.12. The Labute approximate surface area is 182 Å². The smallest absolute Gasteiger partial charge is 0.236 e. The van der Waals surface area contributed by atoms with Crippen LogP contribution in [0.5, 0.6) is 5.75 Å². The van der Waals surface area contributed by atoms with Gasteiger partial charge in [-0.2, -0.15) is 0 Å². The van der Waals surface area contributed by atoms with Crippen LogP contribution in [0, 0.1) is 13.8 Å². The van der Waals surface area contributed by atoms with Crippen LogP contribution in [0.3, 0.4) is 0 Å². The summed E-state index contributed by atoms with van der Waals surface area (Å²) in [5.74, 6) is 1.44. The van der Waals surface area contributed by atoms with Gasteiger partial charge in [-0.1, -0.05) is 34.7 Å². The lowest BCUT2D eigenvalue weighted by Gasteiger charge is -2.16. The minimum Gasteiger partial charge on any atom is -0.483 e. The Balaban J connectivity index is 1.64. The van der Waals surface area contributed by atoms with Crippen LogP contribution in [0.15, 0.2) is 23.4 Å². The molecule has 3 rings (SSSR count). The van der Waals surface area contributed by atoms with Crippen LogP contribution in [0.25, 0.3) is 0 Å². The van der Waals surface area contributed by atoms with Crippen molar-refractivity contribution in [3.8, 4) is 5.75 Å². The molecule has 0 saturated carbocycles. The van der Waals surface area contributed by atoms with Gasteiger partial charge in [0.2, 0.25) is 11.0 Å². The molecule has 3 aromatic rings. The number of aryl methyl sites for hydroxylation is 2. The lowest BCUT2D eigenvalue weighted by Crippen LogP contribution is -2.15. The monoisotopic (exact) mass is 452 g/mol. The van der Waals surface area contributed by atoms with E-state index in [2.05, 4.69) is 25.7 Å². The second-order valence-electron chi connectivity index (χ2n) is 6.22. The first-order valence-electron chi connectivity index (χ1n) is 8.96. The van der Waals surface area contributed by atoms with Crippen molar-refractivity contribution in [2.45, 2.75) is 45.5 Å². The van der Waals surface area contributed by atoms with Crippen LogP contribution in [0.4, 0.5) is 5.13 Å². The van der Waals surface area contributed by atoms with E-state index in [4.69, 9.17) is 16.3 Å². The molecule has 1 amide bonds. The minimum absolute atomic E-state index is 0.167. The number of benzene rings is 1. The molecule has 154 valence electrons. The van der Waals surface area contributed by atoms with Crippen molar-refractivity contribution in [2.24, 2.45) is 0 Å². The molecule has 0 aliphatic heterocycles. The molecule has 0 bridgehead atoms. The number of ether oxygens (including phenoxy) is 1. The van der Waals surface area contributed by atoms with Crippen LogP contribution >= 0.6 is 34.7 Å². The van der Waals surface area contributed by atoms with E-state index in [0.717, 1.165) is 10.6 Å². The fourth-order valence-electron chi connectivity index (χ4n) is 2.58. The van der Waals surface area contributed by atoms with Gasteiger partial charge < -0.3 is 9.30 Å². The van der Waals surface area contributed by atoms with E-state index in [1.165, 1.54) is 23.1 Å². The van der Waals surface area contributed by atoms with E-state index >= 15 is 0 Å². The molecular formula is C18H21ClN6O2S2. The first kappa shape index (κ1) is 21.5. The van der Waals surface area contributed by atoms with Crippen molar-refractivity contribution in [3.63, 3.8) is 0 Å². The Morgan fingerprint density at radius 1 is 1.31 bits per heavy atom. The zero-order valence-corrected chi connectivity index (χ0v) is 18.9. The number of aromatic nitrogens is 5. The predicted molar refractivity (Wildman–Crippen MR) is 115 cm³/mol. The summed E-state index contributed by atoms with van der Waals surface area (Å²) in [6.45, 7) is 8.34. The van der Waals surface area contributed by atoms with Gasteiger partial charge in [0.25, 0.3) is 0 Å². The number of amides is 1. The molecule has 0 saturated heterocycles. The number of anilines is 1. The number of thioether (sulfide) groups is 1. The number of halogens is 1. The molecule has 2 aromatic heterocycles. The molecule has 29 heavy (non-hydrogen) atoms. The van der Waals surface area contributed by atoms with Crippen LogP contribution in [0.1, 0.15) is 36.3 Å². The Morgan fingerprint density at radius 2 is 2.10 bits per heavy atom. The Bertz CT molecular complexity index is 1010. The van der Waals surface area contributed by atoms with E-state index in [1.807, 2.05) is 50.5 Å². The minimum atomic E-state index is -0.310. The number of hydrogen-bond acceptors (Lipinski definition) is 8. The molecular weight excluding hydrogens is 432 g/mol. The molecule has 0 fully saturated rings. The molecule has 11 heteroatoms. The van der Waals surface area contributed by atoms with Gasteiger partial charge in [-0.15, -0.1) is 20.4 Å². The summed E-state index contributed by atoms with van der Waals surface area (Å²) in [5, 5.41) is 21.7. The molecule has 0 aliphatic rings. The zero-order valence-electron chi connectivity index (χ0n) is 16.5. The Hall–Kier alpha value is -2.17. The van der Waals surface area contributed by atoms with E-state index in [1.54, 1.807) is 0 Å². The van der Waals surface area contributed by atoms with Gasteiger partial charge >= 0.3 is 0 Å². The van der Waals surface area contributed by atoms with Crippen molar-refractivity contribution < 1.29 is 9.53 Å². The number of nitrogens with zero attached hydrogens (tertiary/aromatic N) is 5. The van der Waals surface area contributed by atoms with Crippen molar-refractivity contribution >= 4 is 45.7 Å². The van der Waals surface area contributed by atoms with Gasteiger partial charge in [-0.3, -0.25) is 10.1 Å². The maximum Gasteiger partial charge on any atom is 0.236 e. The lowest BCUT2D eigenvalue weighted by molar-refractivity contribution is -0.113. The van der Waals surface area contributed by atoms with Crippen molar-refractivity contribution in [2.75, 3.05) is 11.1 Å². The maximum atomic E-state index is 12.1.